The van der Waals surface area contributed by atoms with Crippen molar-refractivity contribution in [3.05, 3.63) is 89.2 Å². The quantitative estimate of drug-likeness (QED) is 0.801. The summed E-state index contributed by atoms with van der Waals surface area (Å²) in [7, 11) is 0. The molecule has 1 N–H and O–H groups in total. The smallest absolute Gasteiger partial charge is 0.0512 e. The second kappa shape index (κ2) is 4.41. The molecule has 0 bridgehead atoms. The molecule has 4 aliphatic rings. The normalized spacial score (nSPS) is 31.0. The van der Waals surface area contributed by atoms with Crippen molar-refractivity contribution >= 4 is 11.8 Å². The molecule has 2 heterocycles. The average molecular weight is 310 g/mol. The van der Waals surface area contributed by atoms with Gasteiger partial charge in [-0.2, -0.15) is 0 Å². The molecule has 0 saturated carbocycles. The Morgan fingerprint density at radius 2 is 1.75 bits per heavy atom. The molecule has 6 rings (SSSR count). The fourth-order valence-electron chi connectivity index (χ4n) is 4.94. The topological polar surface area (TPSA) is 17.0 Å². The molecule has 116 valence electrons. The first-order valence-electron chi connectivity index (χ1n) is 8.73. The predicted molar refractivity (Wildman–Crippen MR) is 96.4 cm³/mol. The van der Waals surface area contributed by atoms with Gasteiger partial charge in [-0.3, -0.25) is 0 Å². The van der Waals surface area contributed by atoms with Gasteiger partial charge < -0.3 is 9.88 Å². The van der Waals surface area contributed by atoms with Crippen LogP contribution in [-0.4, -0.2) is 4.57 Å². The van der Waals surface area contributed by atoms with Crippen LogP contribution in [0.4, 0.5) is 0 Å². The van der Waals surface area contributed by atoms with Crippen LogP contribution in [0.5, 0.6) is 0 Å². The summed E-state index contributed by atoms with van der Waals surface area (Å²) < 4.78 is 2.31. The van der Waals surface area contributed by atoms with Gasteiger partial charge in [0.2, 0.25) is 0 Å². The largest absolute Gasteiger partial charge is 0.361 e. The maximum atomic E-state index is 3.77. The number of nitrogens with one attached hydrogen (secondary N) is 1. The zero-order valence-corrected chi connectivity index (χ0v) is 13.3. The van der Waals surface area contributed by atoms with Gasteiger partial charge in [-0.1, -0.05) is 48.6 Å². The van der Waals surface area contributed by atoms with E-state index in [9.17, 15) is 0 Å². The van der Waals surface area contributed by atoms with Crippen molar-refractivity contribution in [2.75, 3.05) is 0 Å². The lowest BCUT2D eigenvalue weighted by Gasteiger charge is -2.34. The number of para-hydroxylation sites is 1. The minimum absolute atomic E-state index is 0.482. The summed E-state index contributed by atoms with van der Waals surface area (Å²) >= 11 is 0. The highest BCUT2D eigenvalue weighted by molar-refractivity contribution is 5.64. The molecule has 3 aliphatic carbocycles. The first-order chi connectivity index (χ1) is 11.9. The van der Waals surface area contributed by atoms with E-state index in [2.05, 4.69) is 88.9 Å². The summed E-state index contributed by atoms with van der Waals surface area (Å²) in [4.78, 5) is 0. The van der Waals surface area contributed by atoms with Crippen LogP contribution in [0.15, 0.2) is 78.7 Å². The van der Waals surface area contributed by atoms with Crippen molar-refractivity contribution < 1.29 is 0 Å². The van der Waals surface area contributed by atoms with E-state index in [0.29, 0.717) is 23.7 Å². The number of aromatic nitrogens is 1. The van der Waals surface area contributed by atoms with Gasteiger partial charge in [0.05, 0.1) is 5.35 Å². The summed E-state index contributed by atoms with van der Waals surface area (Å²) in [5.74, 6) is 2.18. The van der Waals surface area contributed by atoms with Gasteiger partial charge in [0.1, 0.15) is 0 Å². The predicted octanol–water partition coefficient (Wildman–Crippen LogP) is 2.47. The number of fused-ring (bicyclic) bond motifs is 1. The molecule has 2 nitrogen and oxygen atoms in total. The van der Waals surface area contributed by atoms with Gasteiger partial charge in [0.25, 0.3) is 0 Å². The van der Waals surface area contributed by atoms with Crippen molar-refractivity contribution in [3.63, 3.8) is 0 Å². The minimum Gasteiger partial charge on any atom is -0.361 e. The molecule has 0 spiro atoms. The zero-order valence-electron chi connectivity index (χ0n) is 13.3. The summed E-state index contributed by atoms with van der Waals surface area (Å²) in [5.41, 5.74) is 4.04. The fourth-order valence-corrected chi connectivity index (χ4v) is 4.94. The van der Waals surface area contributed by atoms with Crippen LogP contribution in [0.25, 0.3) is 17.5 Å². The van der Waals surface area contributed by atoms with E-state index in [4.69, 9.17) is 0 Å². The summed E-state index contributed by atoms with van der Waals surface area (Å²) in [6.45, 7) is 0. The molecule has 1 aromatic heterocycles. The van der Waals surface area contributed by atoms with Gasteiger partial charge >= 0.3 is 0 Å². The van der Waals surface area contributed by atoms with Crippen LogP contribution in [-0.2, 0) is 0 Å². The highest BCUT2D eigenvalue weighted by Crippen LogP contribution is 2.49. The van der Waals surface area contributed by atoms with E-state index >= 15 is 0 Å². The Morgan fingerprint density at radius 3 is 2.67 bits per heavy atom. The molecule has 4 atom stereocenters. The number of hydrogen-bond donors (Lipinski definition) is 1. The van der Waals surface area contributed by atoms with Gasteiger partial charge in [-0.25, -0.2) is 0 Å². The van der Waals surface area contributed by atoms with Gasteiger partial charge in [-0.15, -0.1) is 0 Å². The van der Waals surface area contributed by atoms with Crippen LogP contribution in [0.2, 0.25) is 0 Å². The third kappa shape index (κ3) is 1.51. The monoisotopic (exact) mass is 310 g/mol. The number of rotatable bonds is 1. The molecule has 1 aromatic carbocycles. The lowest BCUT2D eigenvalue weighted by Crippen LogP contribution is -2.41. The molecular formula is C22H18N2. The molecule has 2 aromatic rings. The molecule has 24 heavy (non-hydrogen) atoms. The summed E-state index contributed by atoms with van der Waals surface area (Å²) in [6, 6.07) is 12.9. The Kier molecular flexibility index (Phi) is 2.33. The lowest BCUT2D eigenvalue weighted by molar-refractivity contribution is 0.373. The molecule has 1 saturated heterocycles. The van der Waals surface area contributed by atoms with E-state index in [1.165, 1.54) is 27.6 Å². The standard InChI is InChI=1S/C22H18N2/c1-2-6-16(7-3-1)24-12-11-17-19(24)13-15-10-9-14-5-4-8-18-20(14)21(15)22(17)23-18/h1-15,20-21,23H. The molecular weight excluding hydrogens is 292 g/mol. The molecule has 2 heteroatoms. The van der Waals surface area contributed by atoms with E-state index in [1.807, 2.05) is 0 Å². The van der Waals surface area contributed by atoms with Crippen molar-refractivity contribution in [2.24, 2.45) is 23.7 Å². The van der Waals surface area contributed by atoms with E-state index in [0.717, 1.165) is 0 Å². The Balaban J connectivity index is 1.64. The van der Waals surface area contributed by atoms with Gasteiger partial charge in [-0.05, 0) is 24.3 Å². The number of allylic oxidation sites excluding steroid dienone is 6. The number of hydrogen-bond acceptors (Lipinski definition) is 1. The second-order valence-electron chi connectivity index (χ2n) is 7.12. The van der Waals surface area contributed by atoms with Crippen molar-refractivity contribution in [3.8, 4) is 5.69 Å². The highest BCUT2D eigenvalue weighted by atomic mass is 15.0. The van der Waals surface area contributed by atoms with Crippen molar-refractivity contribution in [1.29, 1.82) is 0 Å². The first kappa shape index (κ1) is 12.7. The number of nitrogens with zero attached hydrogens (tertiary/aromatic N) is 1. The molecule has 1 fully saturated rings. The Morgan fingerprint density at radius 1 is 0.875 bits per heavy atom. The maximum Gasteiger partial charge on any atom is 0.0512 e. The average Bonchev–Trinajstić information content (AvgIpc) is 3.22. The summed E-state index contributed by atoms with van der Waals surface area (Å²) in [6.07, 6.45) is 16.3. The highest BCUT2D eigenvalue weighted by Gasteiger charge is 2.46. The summed E-state index contributed by atoms with van der Waals surface area (Å²) in [5, 5.41) is 6.45. The number of benzene rings is 1. The fraction of sp³-hybridized carbons (Fsp3) is 0.182. The lowest BCUT2D eigenvalue weighted by atomic mass is 9.68. The molecule has 0 amide bonds. The van der Waals surface area contributed by atoms with E-state index in [1.54, 1.807) is 0 Å². The Bertz CT molecular complexity index is 1050. The van der Waals surface area contributed by atoms with Crippen LogP contribution in [0, 0.1) is 23.7 Å². The minimum atomic E-state index is 0.482. The second-order valence-corrected chi connectivity index (χ2v) is 7.12. The maximum absolute atomic E-state index is 3.77. The van der Waals surface area contributed by atoms with Crippen LogP contribution in [0.1, 0.15) is 0 Å². The zero-order chi connectivity index (χ0) is 15.7. The third-order valence-corrected chi connectivity index (χ3v) is 5.95. The van der Waals surface area contributed by atoms with E-state index in [-0.39, 0.29) is 0 Å². The van der Waals surface area contributed by atoms with E-state index < -0.39 is 0 Å². The van der Waals surface area contributed by atoms with Crippen LogP contribution < -0.4 is 15.9 Å². The van der Waals surface area contributed by atoms with Gasteiger partial charge in [0, 0.05) is 52.2 Å². The van der Waals surface area contributed by atoms with Crippen molar-refractivity contribution in [1.82, 2.24) is 9.88 Å². The molecule has 4 unspecified atom stereocenters. The molecule has 1 aliphatic heterocycles. The Hall–Kier alpha value is -2.74. The molecule has 0 radical (unpaired) electrons. The van der Waals surface area contributed by atoms with Crippen LogP contribution >= 0.6 is 0 Å². The Labute approximate surface area is 140 Å². The third-order valence-electron chi connectivity index (χ3n) is 5.95. The van der Waals surface area contributed by atoms with Crippen LogP contribution in [0.3, 0.4) is 0 Å². The first-order valence-corrected chi connectivity index (χ1v) is 8.73. The SMILES string of the molecule is C1=CC2C=CC3C=c4c(ccn4-c4ccccc4)=C4NC(=C1)C2C43. The van der Waals surface area contributed by atoms with Gasteiger partial charge in [0.15, 0.2) is 0 Å². The van der Waals surface area contributed by atoms with Crippen molar-refractivity contribution in [2.45, 2.75) is 0 Å².